The Kier molecular flexibility index (Phi) is 4.99. The number of aryl methyl sites for hydroxylation is 2. The van der Waals surface area contributed by atoms with Gasteiger partial charge in [-0.05, 0) is 42.4 Å². The number of aromatic nitrogens is 4. The average molecular weight is 426 g/mol. The number of thiazole rings is 1. The van der Waals surface area contributed by atoms with Crippen LogP contribution >= 0.6 is 23.1 Å². The minimum Gasteiger partial charge on any atom is -0.311 e. The summed E-state index contributed by atoms with van der Waals surface area (Å²) in [6.45, 7) is 1.95. The molecule has 4 aromatic rings. The highest BCUT2D eigenvalue weighted by molar-refractivity contribution is 7.99. The van der Waals surface area contributed by atoms with Crippen LogP contribution in [0.15, 0.2) is 52.8 Å². The molecule has 0 bridgehead atoms. The van der Waals surface area contributed by atoms with E-state index in [1.807, 2.05) is 25.1 Å². The number of nitrogens with zero attached hydrogens (tertiary/aromatic N) is 5. The molecule has 0 saturated heterocycles. The van der Waals surface area contributed by atoms with E-state index in [9.17, 15) is 14.9 Å². The number of nitro benzene ring substituents is 1. The van der Waals surface area contributed by atoms with Gasteiger partial charge in [-0.3, -0.25) is 20.2 Å². The summed E-state index contributed by atoms with van der Waals surface area (Å²) >= 11 is 2.46. The van der Waals surface area contributed by atoms with Gasteiger partial charge in [-0.1, -0.05) is 23.5 Å². The molecular formula is C18H14N6O3S2. The number of nitro groups is 1. The van der Waals surface area contributed by atoms with Gasteiger partial charge in [-0.15, -0.1) is 10.2 Å². The number of para-hydroxylation sites is 1. The molecule has 11 heteroatoms. The van der Waals surface area contributed by atoms with Crippen molar-refractivity contribution in [1.82, 2.24) is 19.7 Å². The van der Waals surface area contributed by atoms with Crippen molar-refractivity contribution >= 4 is 50.0 Å². The van der Waals surface area contributed by atoms with Crippen LogP contribution in [0.1, 0.15) is 15.9 Å². The van der Waals surface area contributed by atoms with Gasteiger partial charge in [0.2, 0.25) is 0 Å². The summed E-state index contributed by atoms with van der Waals surface area (Å²) in [5, 5.41) is 22.9. The van der Waals surface area contributed by atoms with E-state index in [0.29, 0.717) is 15.2 Å². The highest BCUT2D eigenvalue weighted by atomic mass is 32.2. The van der Waals surface area contributed by atoms with E-state index >= 15 is 0 Å². The third-order valence-electron chi connectivity index (χ3n) is 4.13. The first kappa shape index (κ1) is 19.0. The first-order valence-corrected chi connectivity index (χ1v) is 10.0. The molecule has 0 aliphatic heterocycles. The van der Waals surface area contributed by atoms with Crippen LogP contribution in [0.5, 0.6) is 0 Å². The lowest BCUT2D eigenvalue weighted by Gasteiger charge is -2.05. The number of hydrogen-bond acceptors (Lipinski definition) is 8. The molecule has 2 aromatic heterocycles. The Labute approximate surface area is 172 Å². The SMILES string of the molecule is Cc1cccc2sc(NC(=O)c3ccc(Sc4nncn4C)c([N+](=O)[O-])c3)nc12. The van der Waals surface area contributed by atoms with Crippen LogP contribution in [-0.2, 0) is 7.05 Å². The van der Waals surface area contributed by atoms with Gasteiger partial charge >= 0.3 is 0 Å². The predicted molar refractivity (Wildman–Crippen MR) is 111 cm³/mol. The van der Waals surface area contributed by atoms with Gasteiger partial charge in [-0.25, -0.2) is 4.98 Å². The largest absolute Gasteiger partial charge is 0.311 e. The summed E-state index contributed by atoms with van der Waals surface area (Å²) in [4.78, 5) is 28.5. The van der Waals surface area contributed by atoms with Crippen molar-refractivity contribution < 1.29 is 9.72 Å². The van der Waals surface area contributed by atoms with Crippen molar-refractivity contribution in [1.29, 1.82) is 0 Å². The van der Waals surface area contributed by atoms with Crippen LogP contribution in [0, 0.1) is 17.0 Å². The summed E-state index contributed by atoms with van der Waals surface area (Å²) in [6, 6.07) is 10.1. The fraction of sp³-hybridized carbons (Fsp3) is 0.111. The molecule has 0 fully saturated rings. The Balaban J connectivity index is 1.61. The van der Waals surface area contributed by atoms with E-state index in [2.05, 4.69) is 20.5 Å². The maximum Gasteiger partial charge on any atom is 0.284 e. The van der Waals surface area contributed by atoms with Gasteiger partial charge in [0.25, 0.3) is 11.6 Å². The molecule has 29 heavy (non-hydrogen) atoms. The summed E-state index contributed by atoms with van der Waals surface area (Å²) in [5.41, 5.74) is 1.84. The van der Waals surface area contributed by atoms with Crippen molar-refractivity contribution in [3.8, 4) is 0 Å². The molecule has 1 N–H and O–H groups in total. The van der Waals surface area contributed by atoms with Crippen LogP contribution in [0.2, 0.25) is 0 Å². The van der Waals surface area contributed by atoms with Crippen LogP contribution in [0.25, 0.3) is 10.2 Å². The lowest BCUT2D eigenvalue weighted by molar-refractivity contribution is -0.387. The standard InChI is InChI=1S/C18H14N6O3S2/c1-10-4-3-5-14-15(10)20-17(28-14)21-16(25)11-6-7-13(12(8-11)24(26)27)29-18-22-19-9-23(18)2/h3-9H,1-2H3,(H,20,21,25). The Bertz CT molecular complexity index is 1250. The van der Waals surface area contributed by atoms with Crippen molar-refractivity contribution in [2.24, 2.45) is 7.05 Å². The van der Waals surface area contributed by atoms with Crippen molar-refractivity contribution in [2.75, 3.05) is 5.32 Å². The molecule has 0 aliphatic rings. The number of hydrogen-bond donors (Lipinski definition) is 1. The third-order valence-corrected chi connectivity index (χ3v) is 6.18. The minimum absolute atomic E-state index is 0.175. The van der Waals surface area contributed by atoms with Gasteiger partial charge < -0.3 is 4.57 Å². The van der Waals surface area contributed by atoms with Gasteiger partial charge in [0.15, 0.2) is 10.3 Å². The van der Waals surface area contributed by atoms with E-state index in [-0.39, 0.29) is 11.3 Å². The highest BCUT2D eigenvalue weighted by Gasteiger charge is 2.20. The summed E-state index contributed by atoms with van der Waals surface area (Å²) < 4.78 is 2.62. The Morgan fingerprint density at radius 3 is 2.83 bits per heavy atom. The van der Waals surface area contributed by atoms with Crippen molar-refractivity contribution in [2.45, 2.75) is 17.0 Å². The van der Waals surface area contributed by atoms with Crippen LogP contribution < -0.4 is 5.32 Å². The van der Waals surface area contributed by atoms with Gasteiger partial charge in [0.05, 0.1) is 20.0 Å². The maximum absolute atomic E-state index is 12.6. The fourth-order valence-corrected chi connectivity index (χ4v) is 4.45. The third kappa shape index (κ3) is 3.82. The zero-order chi connectivity index (χ0) is 20.5. The van der Waals surface area contributed by atoms with E-state index < -0.39 is 10.8 Å². The number of fused-ring (bicyclic) bond motifs is 1. The van der Waals surface area contributed by atoms with E-state index in [1.54, 1.807) is 17.7 Å². The quantitative estimate of drug-likeness (QED) is 0.378. The molecule has 0 spiro atoms. The molecular weight excluding hydrogens is 412 g/mol. The summed E-state index contributed by atoms with van der Waals surface area (Å²) in [5.74, 6) is -0.458. The van der Waals surface area contributed by atoms with Crippen LogP contribution in [0.3, 0.4) is 0 Å². The van der Waals surface area contributed by atoms with Crippen molar-refractivity contribution in [3.05, 3.63) is 64.0 Å². The van der Waals surface area contributed by atoms with Gasteiger partial charge in [0.1, 0.15) is 6.33 Å². The lowest BCUT2D eigenvalue weighted by atomic mass is 10.2. The number of carbonyl (C=O) groups is 1. The monoisotopic (exact) mass is 426 g/mol. The molecule has 0 radical (unpaired) electrons. The molecule has 0 aliphatic carbocycles. The fourth-order valence-electron chi connectivity index (χ4n) is 2.66. The highest BCUT2D eigenvalue weighted by Crippen LogP contribution is 2.34. The number of anilines is 1. The molecule has 9 nitrogen and oxygen atoms in total. The van der Waals surface area contributed by atoms with Crippen LogP contribution in [-0.4, -0.2) is 30.6 Å². The smallest absolute Gasteiger partial charge is 0.284 e. The van der Waals surface area contributed by atoms with E-state index in [4.69, 9.17) is 0 Å². The maximum atomic E-state index is 12.6. The molecule has 0 saturated carbocycles. The second-order valence-corrected chi connectivity index (χ2v) is 8.20. The number of benzene rings is 2. The predicted octanol–water partition coefficient (Wildman–Crippen LogP) is 4.04. The van der Waals surface area contributed by atoms with E-state index in [0.717, 1.165) is 27.5 Å². The molecule has 2 heterocycles. The molecule has 146 valence electrons. The van der Waals surface area contributed by atoms with E-state index in [1.165, 1.54) is 29.8 Å². The molecule has 0 unspecified atom stereocenters. The van der Waals surface area contributed by atoms with Crippen molar-refractivity contribution in [3.63, 3.8) is 0 Å². The zero-order valence-corrected chi connectivity index (χ0v) is 17.0. The molecule has 0 atom stereocenters. The first-order valence-electron chi connectivity index (χ1n) is 8.40. The second kappa shape index (κ2) is 7.60. The Morgan fingerprint density at radius 2 is 2.14 bits per heavy atom. The Hall–Kier alpha value is -3.31. The van der Waals surface area contributed by atoms with Gasteiger partial charge in [-0.2, -0.15) is 0 Å². The van der Waals surface area contributed by atoms with Gasteiger partial charge in [0, 0.05) is 18.7 Å². The molecule has 4 rings (SSSR count). The Morgan fingerprint density at radius 1 is 1.31 bits per heavy atom. The lowest BCUT2D eigenvalue weighted by Crippen LogP contribution is -2.12. The number of nitrogens with one attached hydrogen (secondary N) is 1. The minimum atomic E-state index is -0.517. The molecule has 1 amide bonds. The normalized spacial score (nSPS) is 11.0. The topological polar surface area (TPSA) is 116 Å². The average Bonchev–Trinajstić information content (AvgIpc) is 3.28. The number of amides is 1. The molecule has 2 aromatic carbocycles. The first-order chi connectivity index (χ1) is 13.9. The van der Waals surface area contributed by atoms with Crippen LogP contribution in [0.4, 0.5) is 10.8 Å². The number of rotatable bonds is 5. The summed E-state index contributed by atoms with van der Waals surface area (Å²) in [6.07, 6.45) is 1.51. The zero-order valence-electron chi connectivity index (χ0n) is 15.3. The second-order valence-electron chi connectivity index (χ2n) is 6.16. The summed E-state index contributed by atoms with van der Waals surface area (Å²) in [7, 11) is 1.75. The number of carbonyl (C=O) groups excluding carboxylic acids is 1.